The molecule has 0 spiro atoms. The molecule has 0 fully saturated rings. The lowest BCUT2D eigenvalue weighted by Crippen LogP contribution is -2.18. The number of nitrogens with zero attached hydrogens (tertiary/aromatic N) is 1. The van der Waals surface area contributed by atoms with Crippen molar-refractivity contribution >= 4 is 9.84 Å². The molecule has 148 valence electrons. The van der Waals surface area contributed by atoms with E-state index in [1.165, 1.54) is 36.4 Å². The molecule has 0 bridgehead atoms. The van der Waals surface area contributed by atoms with Gasteiger partial charge >= 0.3 is 12.1 Å². The van der Waals surface area contributed by atoms with E-state index in [1.807, 2.05) is 4.90 Å². The van der Waals surface area contributed by atoms with E-state index in [0.29, 0.717) is 18.7 Å². The Labute approximate surface area is 153 Å². The first-order chi connectivity index (χ1) is 12.5. The molecule has 0 saturated heterocycles. The smallest absolute Gasteiger partial charge is 0.406 e. The van der Waals surface area contributed by atoms with Crippen LogP contribution >= 0.6 is 0 Å². The Morgan fingerprint density at radius 1 is 0.926 bits per heavy atom. The molecule has 27 heavy (non-hydrogen) atoms. The normalized spacial score (nSPS) is 12.6. The van der Waals surface area contributed by atoms with E-state index in [0.717, 1.165) is 17.7 Å². The van der Waals surface area contributed by atoms with Crippen LogP contribution in [0, 0.1) is 0 Å². The number of hydrogen-bond acceptors (Lipinski definition) is 4. The van der Waals surface area contributed by atoms with Crippen LogP contribution in [-0.4, -0.2) is 32.5 Å². The molecule has 0 saturated carbocycles. The summed E-state index contributed by atoms with van der Waals surface area (Å²) in [6.07, 6.45) is -4.75. The van der Waals surface area contributed by atoms with Gasteiger partial charge in [0.05, 0.1) is 4.90 Å². The van der Waals surface area contributed by atoms with Gasteiger partial charge in [0.1, 0.15) is 5.75 Å². The molecule has 4 nitrogen and oxygen atoms in total. The standard InChI is InChI=1S/C17H16F5NO3S/c1-23(10-12-2-6-14(7-3-12)26-17(20,21)22)11-13-4-8-15(9-5-13)27(24,25)16(18)19/h2-9,16H,10-11H2,1H3. The van der Waals surface area contributed by atoms with Crippen LogP contribution in [0.5, 0.6) is 5.75 Å². The van der Waals surface area contributed by atoms with E-state index < -0.39 is 26.9 Å². The van der Waals surface area contributed by atoms with E-state index in [4.69, 9.17) is 0 Å². The van der Waals surface area contributed by atoms with E-state index in [2.05, 4.69) is 4.74 Å². The largest absolute Gasteiger partial charge is 0.573 e. The summed E-state index contributed by atoms with van der Waals surface area (Å²) in [6.45, 7) is 0.791. The van der Waals surface area contributed by atoms with Gasteiger partial charge in [-0.3, -0.25) is 4.90 Å². The molecule has 10 heteroatoms. The van der Waals surface area contributed by atoms with Crippen LogP contribution in [0.25, 0.3) is 0 Å². The van der Waals surface area contributed by atoms with Gasteiger partial charge in [-0.05, 0) is 42.4 Å². The van der Waals surface area contributed by atoms with Gasteiger partial charge in [-0.15, -0.1) is 13.2 Å². The molecule has 0 aromatic heterocycles. The first-order valence-electron chi connectivity index (χ1n) is 7.61. The molecule has 0 unspecified atom stereocenters. The van der Waals surface area contributed by atoms with Crippen molar-refractivity contribution in [2.45, 2.75) is 30.1 Å². The highest BCUT2D eigenvalue weighted by atomic mass is 32.2. The molecule has 0 aliphatic rings. The summed E-state index contributed by atoms with van der Waals surface area (Å²) in [7, 11) is -2.87. The lowest BCUT2D eigenvalue weighted by Gasteiger charge is -2.17. The van der Waals surface area contributed by atoms with Gasteiger partial charge < -0.3 is 4.74 Å². The topological polar surface area (TPSA) is 46.6 Å². The maximum atomic E-state index is 12.5. The summed E-state index contributed by atoms with van der Waals surface area (Å²) in [5.74, 6) is -3.79. The number of halogens is 5. The number of hydrogen-bond donors (Lipinski definition) is 0. The maximum absolute atomic E-state index is 12.5. The fraction of sp³-hybridized carbons (Fsp3) is 0.294. The number of rotatable bonds is 7. The van der Waals surface area contributed by atoms with Gasteiger partial charge in [0, 0.05) is 13.1 Å². The zero-order valence-corrected chi connectivity index (χ0v) is 14.9. The Kier molecular flexibility index (Phi) is 6.42. The first kappa shape index (κ1) is 21.1. The van der Waals surface area contributed by atoms with Crippen molar-refractivity contribution in [1.82, 2.24) is 4.90 Å². The highest BCUT2D eigenvalue weighted by molar-refractivity contribution is 7.91. The molecule has 0 radical (unpaired) electrons. The fourth-order valence-electron chi connectivity index (χ4n) is 2.36. The summed E-state index contributed by atoms with van der Waals surface area (Å²) < 4.78 is 88.0. The molecule has 2 aromatic carbocycles. The van der Waals surface area contributed by atoms with E-state index >= 15 is 0 Å². The van der Waals surface area contributed by atoms with Crippen LogP contribution in [0.3, 0.4) is 0 Å². The average Bonchev–Trinajstić information content (AvgIpc) is 2.55. The monoisotopic (exact) mass is 409 g/mol. The van der Waals surface area contributed by atoms with Gasteiger partial charge in [0.15, 0.2) is 0 Å². The van der Waals surface area contributed by atoms with Crippen LogP contribution < -0.4 is 4.74 Å². The molecule has 0 N–H and O–H groups in total. The van der Waals surface area contributed by atoms with E-state index in [-0.39, 0.29) is 5.75 Å². The molecule has 0 atom stereocenters. The van der Waals surface area contributed by atoms with Gasteiger partial charge in [-0.25, -0.2) is 8.42 Å². The van der Waals surface area contributed by atoms with Crippen LogP contribution in [0.2, 0.25) is 0 Å². The summed E-state index contributed by atoms with van der Waals surface area (Å²) in [4.78, 5) is 1.38. The SMILES string of the molecule is CN(Cc1ccc(OC(F)(F)F)cc1)Cc1ccc(S(=O)(=O)C(F)F)cc1. The molecule has 2 aromatic rings. The predicted octanol–water partition coefficient (Wildman–Crippen LogP) is 4.21. The van der Waals surface area contributed by atoms with Crippen LogP contribution in [-0.2, 0) is 22.9 Å². The molecular formula is C17H16F5NO3S. The van der Waals surface area contributed by atoms with E-state index in [9.17, 15) is 30.4 Å². The second-order valence-electron chi connectivity index (χ2n) is 5.81. The number of ether oxygens (including phenoxy) is 1. The minimum absolute atomic E-state index is 0.315. The minimum atomic E-state index is -4.75. The molecular weight excluding hydrogens is 393 g/mol. The third-order valence-corrected chi connectivity index (χ3v) is 4.95. The van der Waals surface area contributed by atoms with Crippen molar-refractivity contribution in [3.8, 4) is 5.75 Å². The summed E-state index contributed by atoms with van der Waals surface area (Å²) in [6, 6.07) is 10.5. The number of alkyl halides is 5. The third kappa shape index (κ3) is 6.17. The zero-order valence-electron chi connectivity index (χ0n) is 14.1. The lowest BCUT2D eigenvalue weighted by atomic mass is 10.2. The molecule has 2 rings (SSSR count). The molecule has 0 aliphatic carbocycles. The zero-order chi connectivity index (χ0) is 20.2. The summed E-state index contributed by atoms with van der Waals surface area (Å²) in [5, 5.41) is 0. The van der Waals surface area contributed by atoms with Crippen LogP contribution in [0.4, 0.5) is 22.0 Å². The average molecular weight is 409 g/mol. The Bertz CT molecular complexity index is 850. The van der Waals surface area contributed by atoms with Gasteiger partial charge in [0.25, 0.3) is 0 Å². The third-order valence-electron chi connectivity index (χ3n) is 3.55. The summed E-state index contributed by atoms with van der Waals surface area (Å²) >= 11 is 0. The number of sulfone groups is 1. The highest BCUT2D eigenvalue weighted by Crippen LogP contribution is 2.23. The summed E-state index contributed by atoms with van der Waals surface area (Å²) in [5.41, 5.74) is 1.44. The Morgan fingerprint density at radius 3 is 1.78 bits per heavy atom. The maximum Gasteiger partial charge on any atom is 0.573 e. The van der Waals surface area contributed by atoms with Crippen molar-refractivity contribution in [3.05, 3.63) is 59.7 Å². The van der Waals surface area contributed by atoms with Gasteiger partial charge in [0.2, 0.25) is 9.84 Å². The quantitative estimate of drug-likeness (QED) is 0.643. The molecule has 0 aliphatic heterocycles. The van der Waals surface area contributed by atoms with Crippen molar-refractivity contribution in [2.24, 2.45) is 0 Å². The fourth-order valence-corrected chi connectivity index (χ4v) is 3.08. The second kappa shape index (κ2) is 8.22. The van der Waals surface area contributed by atoms with Crippen LogP contribution in [0.15, 0.2) is 53.4 Å². The highest BCUT2D eigenvalue weighted by Gasteiger charge is 2.31. The lowest BCUT2D eigenvalue weighted by molar-refractivity contribution is -0.274. The minimum Gasteiger partial charge on any atom is -0.406 e. The molecule has 0 heterocycles. The Balaban J connectivity index is 1.96. The van der Waals surface area contributed by atoms with Gasteiger partial charge in [-0.1, -0.05) is 24.3 Å². The second-order valence-corrected chi connectivity index (χ2v) is 7.73. The predicted molar refractivity (Wildman–Crippen MR) is 87.9 cm³/mol. The van der Waals surface area contributed by atoms with Crippen molar-refractivity contribution in [3.63, 3.8) is 0 Å². The van der Waals surface area contributed by atoms with Crippen molar-refractivity contribution < 1.29 is 35.1 Å². The molecule has 0 amide bonds. The Hall–Kier alpha value is -2.20. The van der Waals surface area contributed by atoms with Crippen LogP contribution in [0.1, 0.15) is 11.1 Å². The van der Waals surface area contributed by atoms with Gasteiger partial charge in [-0.2, -0.15) is 8.78 Å². The van der Waals surface area contributed by atoms with E-state index in [1.54, 1.807) is 7.05 Å². The first-order valence-corrected chi connectivity index (χ1v) is 9.16. The van der Waals surface area contributed by atoms with Crippen molar-refractivity contribution in [1.29, 1.82) is 0 Å². The Morgan fingerprint density at radius 2 is 1.37 bits per heavy atom. The number of benzene rings is 2. The van der Waals surface area contributed by atoms with Crippen molar-refractivity contribution in [2.75, 3.05) is 7.05 Å².